The summed E-state index contributed by atoms with van der Waals surface area (Å²) in [6.45, 7) is 1.71. The average Bonchev–Trinajstić information content (AvgIpc) is 2.78. The van der Waals surface area contributed by atoms with Gasteiger partial charge in [-0.1, -0.05) is 70.5 Å². The molecule has 1 heterocycles. The van der Waals surface area contributed by atoms with E-state index in [1.54, 1.807) is 0 Å². The summed E-state index contributed by atoms with van der Waals surface area (Å²) in [5.74, 6) is -0.0316. The van der Waals surface area contributed by atoms with Crippen LogP contribution in [0.1, 0.15) is 24.0 Å². The zero-order chi connectivity index (χ0) is 20.9. The molecule has 3 aromatic rings. The van der Waals surface area contributed by atoms with E-state index in [9.17, 15) is 9.59 Å². The summed E-state index contributed by atoms with van der Waals surface area (Å²) in [6, 6.07) is 22.1. The van der Waals surface area contributed by atoms with Gasteiger partial charge in [0.2, 0.25) is 11.8 Å². The van der Waals surface area contributed by atoms with E-state index in [2.05, 4.69) is 39.4 Å². The van der Waals surface area contributed by atoms with Gasteiger partial charge in [-0.2, -0.15) is 0 Å². The smallest absolute Gasteiger partial charge is 0.227 e. The Hall–Kier alpha value is -2.66. The molecule has 1 saturated heterocycles. The molecule has 3 aromatic carbocycles. The maximum absolute atomic E-state index is 13.0. The highest BCUT2D eigenvalue weighted by atomic mass is 79.9. The minimum Gasteiger partial charge on any atom is -0.352 e. The summed E-state index contributed by atoms with van der Waals surface area (Å²) in [4.78, 5) is 27.5. The number of halogens is 1. The summed E-state index contributed by atoms with van der Waals surface area (Å²) < 4.78 is 0.997. The molecule has 0 saturated carbocycles. The van der Waals surface area contributed by atoms with E-state index in [1.165, 1.54) is 0 Å². The number of rotatable bonds is 5. The first-order valence-corrected chi connectivity index (χ1v) is 11.2. The molecule has 1 aliphatic rings. The third-order valence-electron chi connectivity index (χ3n) is 5.72. The second kappa shape index (κ2) is 9.43. The van der Waals surface area contributed by atoms with Crippen molar-refractivity contribution in [1.29, 1.82) is 0 Å². The van der Waals surface area contributed by atoms with Gasteiger partial charge in [0.05, 0.1) is 12.3 Å². The number of fused-ring (bicyclic) bond motifs is 1. The number of likely N-dealkylation sites (tertiary alicyclic amines) is 1. The fourth-order valence-electron chi connectivity index (χ4n) is 4.12. The van der Waals surface area contributed by atoms with E-state index in [4.69, 9.17) is 0 Å². The molecule has 5 heteroatoms. The van der Waals surface area contributed by atoms with Gasteiger partial charge < -0.3 is 10.2 Å². The predicted octanol–water partition coefficient (Wildman–Crippen LogP) is 4.70. The summed E-state index contributed by atoms with van der Waals surface area (Å²) >= 11 is 3.45. The molecule has 154 valence electrons. The summed E-state index contributed by atoms with van der Waals surface area (Å²) in [6.07, 6.45) is 2.05. The molecule has 4 nitrogen and oxygen atoms in total. The first-order valence-electron chi connectivity index (χ1n) is 10.4. The van der Waals surface area contributed by atoms with Gasteiger partial charge in [0, 0.05) is 24.1 Å². The lowest BCUT2D eigenvalue weighted by Gasteiger charge is -2.32. The van der Waals surface area contributed by atoms with Crippen molar-refractivity contribution in [3.63, 3.8) is 0 Å². The molecule has 0 aromatic heterocycles. The number of benzene rings is 3. The highest BCUT2D eigenvalue weighted by Crippen LogP contribution is 2.22. The second-order valence-electron chi connectivity index (χ2n) is 7.84. The Balaban J connectivity index is 1.37. The van der Waals surface area contributed by atoms with Crippen LogP contribution in [0.2, 0.25) is 0 Å². The third kappa shape index (κ3) is 4.90. The monoisotopic (exact) mass is 464 g/mol. The van der Waals surface area contributed by atoms with Crippen LogP contribution in [0, 0.1) is 5.92 Å². The van der Waals surface area contributed by atoms with Crippen LogP contribution in [0.3, 0.4) is 0 Å². The number of carbonyl (C=O) groups is 2. The molecule has 0 radical (unpaired) electrons. The Bertz CT molecular complexity index is 1060. The van der Waals surface area contributed by atoms with Crippen LogP contribution in [0.5, 0.6) is 0 Å². The molecule has 2 amide bonds. The SMILES string of the molecule is O=C(NCc1cccc(Br)c1)[C@H]1CCCN(C(=O)Cc2cccc3ccccc23)C1. The number of piperidine rings is 1. The maximum Gasteiger partial charge on any atom is 0.227 e. The molecule has 0 unspecified atom stereocenters. The van der Waals surface area contributed by atoms with Gasteiger partial charge in [-0.25, -0.2) is 0 Å². The molecule has 30 heavy (non-hydrogen) atoms. The first kappa shape index (κ1) is 20.6. The van der Waals surface area contributed by atoms with E-state index < -0.39 is 0 Å². The number of nitrogens with zero attached hydrogens (tertiary/aromatic N) is 1. The highest BCUT2D eigenvalue weighted by Gasteiger charge is 2.28. The lowest BCUT2D eigenvalue weighted by molar-refractivity contribution is -0.135. The zero-order valence-electron chi connectivity index (χ0n) is 16.8. The molecule has 1 N–H and O–H groups in total. The second-order valence-corrected chi connectivity index (χ2v) is 8.76. The molecule has 1 atom stereocenters. The van der Waals surface area contributed by atoms with Crippen molar-refractivity contribution < 1.29 is 9.59 Å². The van der Waals surface area contributed by atoms with Crippen LogP contribution < -0.4 is 5.32 Å². The molecule has 0 bridgehead atoms. The van der Waals surface area contributed by atoms with E-state index in [0.717, 1.165) is 45.8 Å². The largest absolute Gasteiger partial charge is 0.352 e. The molecule has 0 spiro atoms. The number of hydrogen-bond acceptors (Lipinski definition) is 2. The maximum atomic E-state index is 13.0. The van der Waals surface area contributed by atoms with Gasteiger partial charge in [-0.3, -0.25) is 9.59 Å². The Labute approximate surface area is 185 Å². The average molecular weight is 465 g/mol. The summed E-state index contributed by atoms with van der Waals surface area (Å²) in [5.41, 5.74) is 2.09. The quantitative estimate of drug-likeness (QED) is 0.594. The van der Waals surface area contributed by atoms with Gasteiger partial charge in [-0.05, 0) is 46.9 Å². The molecule has 1 aliphatic heterocycles. The Morgan fingerprint density at radius 3 is 2.70 bits per heavy atom. The van der Waals surface area contributed by atoms with Crippen molar-refractivity contribution in [3.05, 3.63) is 82.3 Å². The Morgan fingerprint density at radius 2 is 1.83 bits per heavy atom. The summed E-state index contributed by atoms with van der Waals surface area (Å²) in [5, 5.41) is 5.30. The van der Waals surface area contributed by atoms with Crippen molar-refractivity contribution in [3.8, 4) is 0 Å². The number of carbonyl (C=O) groups excluding carboxylic acids is 2. The molecular formula is C25H25BrN2O2. The number of amides is 2. The fraction of sp³-hybridized carbons (Fsp3) is 0.280. The van der Waals surface area contributed by atoms with E-state index >= 15 is 0 Å². The topological polar surface area (TPSA) is 49.4 Å². The van der Waals surface area contributed by atoms with Crippen LogP contribution in [0.25, 0.3) is 10.8 Å². The normalized spacial score (nSPS) is 16.4. The van der Waals surface area contributed by atoms with Crippen molar-refractivity contribution in [2.75, 3.05) is 13.1 Å². The van der Waals surface area contributed by atoms with Crippen molar-refractivity contribution >= 4 is 38.5 Å². The summed E-state index contributed by atoms with van der Waals surface area (Å²) in [7, 11) is 0. The Kier molecular flexibility index (Phi) is 6.48. The molecular weight excluding hydrogens is 440 g/mol. The first-order chi connectivity index (χ1) is 14.6. The van der Waals surface area contributed by atoms with Crippen LogP contribution in [-0.2, 0) is 22.6 Å². The van der Waals surface area contributed by atoms with Crippen LogP contribution in [0.15, 0.2) is 71.2 Å². The van der Waals surface area contributed by atoms with E-state index in [-0.39, 0.29) is 17.7 Å². The third-order valence-corrected chi connectivity index (χ3v) is 6.22. The lowest BCUT2D eigenvalue weighted by Crippen LogP contribution is -2.45. The minimum absolute atomic E-state index is 0.0256. The van der Waals surface area contributed by atoms with Crippen molar-refractivity contribution in [2.24, 2.45) is 5.92 Å². The van der Waals surface area contributed by atoms with Gasteiger partial charge in [0.1, 0.15) is 0 Å². The van der Waals surface area contributed by atoms with Crippen LogP contribution >= 0.6 is 15.9 Å². The van der Waals surface area contributed by atoms with Crippen LogP contribution in [0.4, 0.5) is 0 Å². The van der Waals surface area contributed by atoms with Gasteiger partial charge >= 0.3 is 0 Å². The molecule has 1 fully saturated rings. The van der Waals surface area contributed by atoms with E-state index in [1.807, 2.05) is 53.4 Å². The zero-order valence-corrected chi connectivity index (χ0v) is 18.4. The van der Waals surface area contributed by atoms with Crippen molar-refractivity contribution in [1.82, 2.24) is 10.2 Å². The predicted molar refractivity (Wildman–Crippen MR) is 123 cm³/mol. The molecule has 4 rings (SSSR count). The Morgan fingerprint density at radius 1 is 1.03 bits per heavy atom. The van der Waals surface area contributed by atoms with Crippen LogP contribution in [-0.4, -0.2) is 29.8 Å². The lowest BCUT2D eigenvalue weighted by atomic mass is 9.95. The minimum atomic E-state index is -0.151. The number of nitrogens with one attached hydrogen (secondary N) is 1. The fourth-order valence-corrected chi connectivity index (χ4v) is 4.57. The highest BCUT2D eigenvalue weighted by molar-refractivity contribution is 9.10. The van der Waals surface area contributed by atoms with Gasteiger partial charge in [0.15, 0.2) is 0 Å². The van der Waals surface area contributed by atoms with Crippen molar-refractivity contribution in [2.45, 2.75) is 25.8 Å². The van der Waals surface area contributed by atoms with E-state index in [0.29, 0.717) is 19.5 Å². The van der Waals surface area contributed by atoms with Gasteiger partial charge in [0.25, 0.3) is 0 Å². The standard InChI is InChI=1S/C25H25BrN2O2/c26-22-11-3-6-18(14-22)16-27-25(30)21-10-5-13-28(17-21)24(29)15-20-9-4-8-19-7-1-2-12-23(19)20/h1-4,6-9,11-12,14,21H,5,10,13,15-17H2,(H,27,30)/t21-/m0/s1. The van der Waals surface area contributed by atoms with Gasteiger partial charge in [-0.15, -0.1) is 0 Å². The number of hydrogen-bond donors (Lipinski definition) is 1. The molecule has 0 aliphatic carbocycles.